The maximum absolute atomic E-state index is 14.8. The van der Waals surface area contributed by atoms with Crippen molar-refractivity contribution in [1.82, 2.24) is 4.98 Å². The molecule has 0 amide bonds. The van der Waals surface area contributed by atoms with Crippen molar-refractivity contribution in [1.29, 1.82) is 0 Å². The molecular weight excluding hydrogens is 545 g/mol. The molecule has 0 aliphatic heterocycles. The lowest BCUT2D eigenvalue weighted by molar-refractivity contribution is 0.592. The van der Waals surface area contributed by atoms with E-state index in [1.807, 2.05) is 103 Å². The summed E-state index contributed by atoms with van der Waals surface area (Å²) < 4.78 is 21.2. The average molecular weight is 572 g/mol. The summed E-state index contributed by atoms with van der Waals surface area (Å²) in [6, 6.07) is 52.5. The second kappa shape index (κ2) is 10.2. The zero-order chi connectivity index (χ0) is 28.8. The first-order valence-corrected chi connectivity index (χ1v) is 16.0. The van der Waals surface area contributed by atoms with E-state index < -0.39 is 7.14 Å². The van der Waals surface area contributed by atoms with Gasteiger partial charge in [0.2, 0.25) is 0 Å². The lowest BCUT2D eigenvalue weighted by atomic mass is 9.99. The van der Waals surface area contributed by atoms with Crippen LogP contribution in [-0.2, 0) is 4.57 Å². The Morgan fingerprint density at radius 2 is 1.07 bits per heavy atom. The predicted molar refractivity (Wildman–Crippen MR) is 179 cm³/mol. The minimum Gasteiger partial charge on any atom is -0.454 e. The number of para-hydroxylation sites is 2. The van der Waals surface area contributed by atoms with Crippen LogP contribution in [0.1, 0.15) is 0 Å². The van der Waals surface area contributed by atoms with E-state index >= 15 is 0 Å². The van der Waals surface area contributed by atoms with Crippen molar-refractivity contribution in [2.75, 3.05) is 0 Å². The Morgan fingerprint density at radius 1 is 0.488 bits per heavy atom. The number of rotatable bonds is 5. The number of hydrogen-bond acceptors (Lipinski definition) is 3. The molecule has 0 unspecified atom stereocenters. The van der Waals surface area contributed by atoms with Gasteiger partial charge in [-0.15, -0.1) is 0 Å². The molecule has 3 nitrogen and oxygen atoms in total. The van der Waals surface area contributed by atoms with Crippen LogP contribution in [0.15, 0.2) is 162 Å². The molecule has 0 aliphatic rings. The van der Waals surface area contributed by atoms with E-state index in [0.717, 1.165) is 71.1 Å². The normalized spacial score (nSPS) is 11.8. The third-order valence-electron chi connectivity index (χ3n) is 8.16. The number of aromatic nitrogens is 1. The molecule has 0 bridgehead atoms. The highest BCUT2D eigenvalue weighted by Gasteiger charge is 2.29. The number of nitrogens with zero attached hydrogens (tertiary/aromatic N) is 1. The quantitative estimate of drug-likeness (QED) is 0.194. The molecule has 0 radical (unpaired) electrons. The van der Waals surface area contributed by atoms with Crippen molar-refractivity contribution in [3.8, 4) is 22.4 Å². The fourth-order valence-electron chi connectivity index (χ4n) is 6.06. The lowest BCUT2D eigenvalue weighted by Crippen LogP contribution is -2.24. The smallest absolute Gasteiger partial charge is 0.171 e. The molecule has 0 fully saturated rings. The Labute approximate surface area is 249 Å². The standard InChI is InChI=1S/C39H26NO2P/c41-43(30-14-3-1-4-15-30,31-16-5-2-6-17-31)32-24-22-27(23-25-32)28-12-11-13-29(26-28)38-39-37(33-18-7-9-20-35(33)40-38)34-19-8-10-21-36(34)42-39/h1-26H. The molecule has 0 saturated carbocycles. The van der Waals surface area contributed by atoms with Crippen LogP contribution < -0.4 is 15.9 Å². The minimum atomic E-state index is -3.03. The molecule has 0 spiro atoms. The van der Waals surface area contributed by atoms with E-state index in [0.29, 0.717) is 0 Å². The van der Waals surface area contributed by atoms with Crippen LogP contribution >= 0.6 is 7.14 Å². The summed E-state index contributed by atoms with van der Waals surface area (Å²) in [4.78, 5) is 5.09. The molecule has 2 heterocycles. The molecule has 0 N–H and O–H groups in total. The monoisotopic (exact) mass is 571 g/mol. The highest BCUT2D eigenvalue weighted by atomic mass is 31.2. The SMILES string of the molecule is O=P(c1ccccc1)(c1ccccc1)c1ccc(-c2cccc(-c3nc4ccccc4c4c3oc3ccccc34)c2)cc1. The van der Waals surface area contributed by atoms with Crippen molar-refractivity contribution in [2.45, 2.75) is 0 Å². The Kier molecular flexibility index (Phi) is 6.06. The number of pyridine rings is 1. The van der Waals surface area contributed by atoms with E-state index in [4.69, 9.17) is 9.40 Å². The molecule has 43 heavy (non-hydrogen) atoms. The minimum absolute atomic E-state index is 0.791. The van der Waals surface area contributed by atoms with Crippen LogP contribution in [0.3, 0.4) is 0 Å². The number of furan rings is 1. The van der Waals surface area contributed by atoms with Gasteiger partial charge in [-0.3, -0.25) is 0 Å². The van der Waals surface area contributed by atoms with Gasteiger partial charge in [-0.25, -0.2) is 4.98 Å². The molecule has 8 aromatic rings. The van der Waals surface area contributed by atoms with Crippen LogP contribution in [0.25, 0.3) is 55.2 Å². The Balaban J connectivity index is 1.25. The van der Waals surface area contributed by atoms with Crippen LogP contribution in [-0.4, -0.2) is 4.98 Å². The third-order valence-corrected chi connectivity index (χ3v) is 11.2. The third kappa shape index (κ3) is 4.21. The second-order valence-corrected chi connectivity index (χ2v) is 13.5. The molecule has 2 aromatic heterocycles. The largest absolute Gasteiger partial charge is 0.454 e. The predicted octanol–water partition coefficient (Wildman–Crippen LogP) is 9.11. The fraction of sp³-hybridized carbons (Fsp3) is 0. The maximum Gasteiger partial charge on any atom is 0.171 e. The average Bonchev–Trinajstić information content (AvgIpc) is 3.48. The molecular formula is C39H26NO2P. The van der Waals surface area contributed by atoms with Gasteiger partial charge in [-0.1, -0.05) is 140 Å². The van der Waals surface area contributed by atoms with E-state index in [1.54, 1.807) is 0 Å². The van der Waals surface area contributed by atoms with Gasteiger partial charge in [-0.2, -0.15) is 0 Å². The van der Waals surface area contributed by atoms with Crippen LogP contribution in [0.5, 0.6) is 0 Å². The van der Waals surface area contributed by atoms with Crippen molar-refractivity contribution in [3.05, 3.63) is 158 Å². The van der Waals surface area contributed by atoms with Gasteiger partial charge in [0, 0.05) is 37.6 Å². The van der Waals surface area contributed by atoms with Gasteiger partial charge in [0.1, 0.15) is 11.3 Å². The van der Waals surface area contributed by atoms with E-state index in [-0.39, 0.29) is 0 Å². The first-order chi connectivity index (χ1) is 21.2. The van der Waals surface area contributed by atoms with E-state index in [9.17, 15) is 4.57 Å². The Hall–Kier alpha value is -5.24. The second-order valence-electron chi connectivity index (χ2n) is 10.7. The van der Waals surface area contributed by atoms with Gasteiger partial charge in [0.25, 0.3) is 0 Å². The van der Waals surface area contributed by atoms with Crippen molar-refractivity contribution >= 4 is 55.9 Å². The Bertz CT molecular complexity index is 2260. The Morgan fingerprint density at radius 3 is 1.79 bits per heavy atom. The molecule has 8 rings (SSSR count). The molecule has 4 heteroatoms. The summed E-state index contributed by atoms with van der Waals surface area (Å²) in [5, 5.41) is 5.72. The summed E-state index contributed by atoms with van der Waals surface area (Å²) in [5.74, 6) is 0. The van der Waals surface area contributed by atoms with Gasteiger partial charge < -0.3 is 8.98 Å². The van der Waals surface area contributed by atoms with Crippen LogP contribution in [0.4, 0.5) is 0 Å². The number of benzene rings is 6. The number of fused-ring (bicyclic) bond motifs is 5. The number of hydrogen-bond donors (Lipinski definition) is 0. The molecule has 0 atom stereocenters. The lowest BCUT2D eigenvalue weighted by Gasteiger charge is -2.20. The summed E-state index contributed by atoms with van der Waals surface area (Å²) in [6.45, 7) is 0. The van der Waals surface area contributed by atoms with Gasteiger partial charge in [0.05, 0.1) is 5.52 Å². The highest BCUT2D eigenvalue weighted by molar-refractivity contribution is 7.85. The van der Waals surface area contributed by atoms with Gasteiger partial charge in [0.15, 0.2) is 12.7 Å². The summed E-state index contributed by atoms with van der Waals surface area (Å²) >= 11 is 0. The summed E-state index contributed by atoms with van der Waals surface area (Å²) in [7, 11) is -3.03. The van der Waals surface area contributed by atoms with E-state index in [1.165, 1.54) is 0 Å². The zero-order valence-corrected chi connectivity index (χ0v) is 24.1. The molecule has 6 aromatic carbocycles. The first-order valence-electron chi connectivity index (χ1n) is 14.3. The van der Waals surface area contributed by atoms with Crippen LogP contribution in [0.2, 0.25) is 0 Å². The summed E-state index contributed by atoms with van der Waals surface area (Å²) in [6.07, 6.45) is 0. The van der Waals surface area contributed by atoms with Gasteiger partial charge in [-0.05, 0) is 29.3 Å². The van der Waals surface area contributed by atoms with Crippen molar-refractivity contribution < 1.29 is 8.98 Å². The van der Waals surface area contributed by atoms with Gasteiger partial charge >= 0.3 is 0 Å². The van der Waals surface area contributed by atoms with Crippen LogP contribution in [0, 0.1) is 0 Å². The fourth-order valence-corrected chi connectivity index (χ4v) is 8.71. The van der Waals surface area contributed by atoms with Crippen molar-refractivity contribution in [2.24, 2.45) is 0 Å². The zero-order valence-electron chi connectivity index (χ0n) is 23.2. The highest BCUT2D eigenvalue weighted by Crippen LogP contribution is 2.43. The molecule has 0 saturated heterocycles. The summed E-state index contributed by atoms with van der Waals surface area (Å²) in [5.41, 5.74) is 6.47. The first kappa shape index (κ1) is 25.5. The molecule has 0 aliphatic carbocycles. The topological polar surface area (TPSA) is 43.1 Å². The molecule has 204 valence electrons. The maximum atomic E-state index is 14.8. The van der Waals surface area contributed by atoms with Crippen molar-refractivity contribution in [3.63, 3.8) is 0 Å². The van der Waals surface area contributed by atoms with E-state index in [2.05, 4.69) is 54.6 Å².